The van der Waals surface area contributed by atoms with Gasteiger partial charge in [0.25, 0.3) is 0 Å². The third-order valence-corrected chi connectivity index (χ3v) is 6.66. The van der Waals surface area contributed by atoms with E-state index in [1.807, 2.05) is 35.9 Å². The molecular weight excluding hydrogens is 462 g/mol. The summed E-state index contributed by atoms with van der Waals surface area (Å²) >= 11 is 6.08. The summed E-state index contributed by atoms with van der Waals surface area (Å²) in [6, 6.07) is 15.9. The van der Waals surface area contributed by atoms with Gasteiger partial charge in [0.15, 0.2) is 5.82 Å². The third kappa shape index (κ3) is 6.03. The molecule has 35 heavy (non-hydrogen) atoms. The van der Waals surface area contributed by atoms with Crippen LogP contribution in [0.15, 0.2) is 48.5 Å². The number of aryl methyl sites for hydroxylation is 2. The maximum atomic E-state index is 12.8. The predicted molar refractivity (Wildman–Crippen MR) is 140 cm³/mol. The molecule has 0 bridgehead atoms. The lowest BCUT2D eigenvalue weighted by Crippen LogP contribution is -2.41. The monoisotopic (exact) mass is 493 g/mol. The van der Waals surface area contributed by atoms with Gasteiger partial charge in [0, 0.05) is 37.5 Å². The van der Waals surface area contributed by atoms with Gasteiger partial charge in [0.05, 0.1) is 11.4 Å². The average Bonchev–Trinajstić information content (AvgIpc) is 3.16. The van der Waals surface area contributed by atoms with Crippen molar-refractivity contribution in [2.45, 2.75) is 40.0 Å². The molecule has 3 aromatic rings. The van der Waals surface area contributed by atoms with Gasteiger partial charge in [-0.1, -0.05) is 41.4 Å². The molecule has 1 saturated heterocycles. The SMILES string of the molecule is CC(=O)Nc1c(C)nn(-c2ccc(Cl)cc2)c1N1CCC(C(=O)NCCc2ccc(C)cc2)CC1. The zero-order chi connectivity index (χ0) is 24.9. The van der Waals surface area contributed by atoms with Gasteiger partial charge in [-0.25, -0.2) is 4.68 Å². The van der Waals surface area contributed by atoms with Crippen LogP contribution in [0.25, 0.3) is 5.69 Å². The number of carbonyl (C=O) groups excluding carboxylic acids is 2. The minimum Gasteiger partial charge on any atom is -0.356 e. The molecule has 1 fully saturated rings. The first-order valence-corrected chi connectivity index (χ1v) is 12.4. The van der Waals surface area contributed by atoms with Gasteiger partial charge < -0.3 is 15.5 Å². The molecule has 2 N–H and O–H groups in total. The Morgan fingerprint density at radius 3 is 2.31 bits per heavy atom. The summed E-state index contributed by atoms with van der Waals surface area (Å²) in [4.78, 5) is 26.9. The number of aromatic nitrogens is 2. The lowest BCUT2D eigenvalue weighted by atomic mass is 9.95. The standard InChI is InChI=1S/C27H32ClN5O2/c1-18-4-6-21(7-5-18)12-15-29-26(35)22-13-16-32(17-14-22)27-25(30-20(3)34)19(2)31-33(27)24-10-8-23(28)9-11-24/h4-11,22H,12-17H2,1-3H3,(H,29,35)(H,30,34). The highest BCUT2D eigenvalue weighted by molar-refractivity contribution is 6.30. The molecule has 1 aromatic heterocycles. The molecule has 0 saturated carbocycles. The molecule has 8 heteroatoms. The number of rotatable bonds is 7. The van der Waals surface area contributed by atoms with Gasteiger partial charge in [0.1, 0.15) is 5.69 Å². The Labute approximate surface area is 211 Å². The average molecular weight is 494 g/mol. The minimum absolute atomic E-state index is 0.0264. The first-order valence-electron chi connectivity index (χ1n) is 12.0. The Bertz CT molecular complexity index is 1180. The fourth-order valence-corrected chi connectivity index (χ4v) is 4.60. The number of nitrogens with one attached hydrogen (secondary N) is 2. The van der Waals surface area contributed by atoms with Gasteiger partial charge in [-0.3, -0.25) is 9.59 Å². The van der Waals surface area contributed by atoms with Crippen LogP contribution in [0.4, 0.5) is 11.5 Å². The molecule has 184 valence electrons. The molecule has 1 aliphatic rings. The van der Waals surface area contributed by atoms with E-state index < -0.39 is 0 Å². The Balaban J connectivity index is 1.43. The number of nitrogens with zero attached hydrogens (tertiary/aromatic N) is 3. The number of hydrogen-bond acceptors (Lipinski definition) is 4. The van der Waals surface area contributed by atoms with Crippen molar-refractivity contribution < 1.29 is 9.59 Å². The fourth-order valence-electron chi connectivity index (χ4n) is 4.47. The normalized spacial score (nSPS) is 14.1. The van der Waals surface area contributed by atoms with Gasteiger partial charge >= 0.3 is 0 Å². The van der Waals surface area contributed by atoms with Crippen molar-refractivity contribution in [1.29, 1.82) is 0 Å². The van der Waals surface area contributed by atoms with Crippen LogP contribution in [0.2, 0.25) is 5.02 Å². The van der Waals surface area contributed by atoms with Crippen LogP contribution in [0.1, 0.15) is 36.6 Å². The second-order valence-corrected chi connectivity index (χ2v) is 9.58. The number of anilines is 2. The zero-order valence-corrected chi connectivity index (χ0v) is 21.2. The zero-order valence-electron chi connectivity index (χ0n) is 20.5. The maximum absolute atomic E-state index is 12.8. The minimum atomic E-state index is -0.146. The molecule has 4 rings (SSSR count). The molecular formula is C27H32ClN5O2. The van der Waals surface area contributed by atoms with Crippen LogP contribution < -0.4 is 15.5 Å². The van der Waals surface area contributed by atoms with E-state index in [1.165, 1.54) is 18.1 Å². The largest absolute Gasteiger partial charge is 0.356 e. The van der Waals surface area contributed by atoms with Crippen LogP contribution in [0.3, 0.4) is 0 Å². The Morgan fingerprint density at radius 2 is 1.69 bits per heavy atom. The number of carbonyl (C=O) groups is 2. The number of benzene rings is 2. The summed E-state index contributed by atoms with van der Waals surface area (Å²) in [6.07, 6.45) is 2.30. The summed E-state index contributed by atoms with van der Waals surface area (Å²) in [5.74, 6) is 0.772. The summed E-state index contributed by atoms with van der Waals surface area (Å²) in [6.45, 7) is 7.48. The number of hydrogen-bond donors (Lipinski definition) is 2. The summed E-state index contributed by atoms with van der Waals surface area (Å²) in [5, 5.41) is 11.4. The van der Waals surface area contributed by atoms with Crippen LogP contribution in [-0.4, -0.2) is 41.2 Å². The third-order valence-electron chi connectivity index (χ3n) is 6.41. The highest BCUT2D eigenvalue weighted by Gasteiger charge is 2.29. The van der Waals surface area contributed by atoms with E-state index in [2.05, 4.69) is 46.7 Å². The Morgan fingerprint density at radius 1 is 1.03 bits per heavy atom. The van der Waals surface area contributed by atoms with Crippen LogP contribution in [0, 0.1) is 19.8 Å². The molecule has 0 radical (unpaired) electrons. The van der Waals surface area contributed by atoms with E-state index in [1.54, 1.807) is 0 Å². The Hall–Kier alpha value is -3.32. The number of halogens is 1. The van der Waals surface area contributed by atoms with E-state index in [9.17, 15) is 9.59 Å². The highest BCUT2D eigenvalue weighted by atomic mass is 35.5. The lowest BCUT2D eigenvalue weighted by molar-refractivity contribution is -0.125. The van der Waals surface area contributed by atoms with Gasteiger partial charge in [-0.15, -0.1) is 0 Å². The van der Waals surface area contributed by atoms with Crippen molar-refractivity contribution in [1.82, 2.24) is 15.1 Å². The number of amides is 2. The van der Waals surface area contributed by atoms with Gasteiger partial charge in [-0.2, -0.15) is 5.10 Å². The van der Waals surface area contributed by atoms with Gasteiger partial charge in [0.2, 0.25) is 11.8 Å². The molecule has 7 nitrogen and oxygen atoms in total. The van der Waals surface area contributed by atoms with Crippen molar-refractivity contribution in [2.24, 2.45) is 5.92 Å². The van der Waals surface area contributed by atoms with Crippen molar-refractivity contribution in [3.63, 3.8) is 0 Å². The van der Waals surface area contributed by atoms with Crippen molar-refractivity contribution >= 4 is 34.9 Å². The summed E-state index contributed by atoms with van der Waals surface area (Å²) < 4.78 is 1.85. The second kappa shape index (κ2) is 11.0. The van der Waals surface area contributed by atoms with Crippen molar-refractivity contribution in [3.8, 4) is 5.69 Å². The Kier molecular flexibility index (Phi) is 7.76. The molecule has 0 spiro atoms. The maximum Gasteiger partial charge on any atom is 0.223 e. The molecule has 0 atom stereocenters. The van der Waals surface area contributed by atoms with E-state index >= 15 is 0 Å². The molecule has 1 aliphatic heterocycles. The quantitative estimate of drug-likeness (QED) is 0.501. The highest BCUT2D eigenvalue weighted by Crippen LogP contribution is 2.35. The van der Waals surface area contributed by atoms with Crippen LogP contribution >= 0.6 is 11.6 Å². The topological polar surface area (TPSA) is 79.3 Å². The van der Waals surface area contributed by atoms with Crippen molar-refractivity contribution in [2.75, 3.05) is 29.9 Å². The summed E-state index contributed by atoms with van der Waals surface area (Å²) in [5.41, 5.74) is 4.76. The van der Waals surface area contributed by atoms with E-state index in [4.69, 9.17) is 16.7 Å². The fraction of sp³-hybridized carbons (Fsp3) is 0.370. The number of piperidine rings is 1. The molecule has 0 unspecified atom stereocenters. The van der Waals surface area contributed by atoms with E-state index in [0.29, 0.717) is 30.3 Å². The van der Waals surface area contributed by atoms with Gasteiger partial charge in [-0.05, 0) is 62.9 Å². The van der Waals surface area contributed by atoms with Crippen LogP contribution in [-0.2, 0) is 16.0 Å². The second-order valence-electron chi connectivity index (χ2n) is 9.14. The molecule has 2 aromatic carbocycles. The summed E-state index contributed by atoms with van der Waals surface area (Å²) in [7, 11) is 0. The molecule has 0 aliphatic carbocycles. The lowest BCUT2D eigenvalue weighted by Gasteiger charge is -2.33. The smallest absolute Gasteiger partial charge is 0.223 e. The molecule has 2 heterocycles. The predicted octanol–water partition coefficient (Wildman–Crippen LogP) is 4.68. The van der Waals surface area contributed by atoms with Crippen LogP contribution in [0.5, 0.6) is 0 Å². The first kappa shape index (κ1) is 24.8. The molecule has 2 amide bonds. The van der Waals surface area contributed by atoms with Crippen molar-refractivity contribution in [3.05, 3.63) is 70.4 Å². The first-order chi connectivity index (χ1) is 16.8. The van der Waals surface area contributed by atoms with E-state index in [-0.39, 0.29) is 17.7 Å². The van der Waals surface area contributed by atoms with E-state index in [0.717, 1.165) is 36.5 Å².